The molecule has 2 heterocycles. The van der Waals surface area contributed by atoms with E-state index in [1.54, 1.807) is 9.80 Å². The van der Waals surface area contributed by atoms with Gasteiger partial charge in [0.1, 0.15) is 5.60 Å². The van der Waals surface area contributed by atoms with Gasteiger partial charge in [-0.15, -0.1) is 0 Å². The van der Waals surface area contributed by atoms with Gasteiger partial charge in [0.2, 0.25) is 5.91 Å². The Morgan fingerprint density at radius 2 is 2.04 bits per heavy atom. The summed E-state index contributed by atoms with van der Waals surface area (Å²) in [6.07, 6.45) is 0.591. The van der Waals surface area contributed by atoms with E-state index in [0.29, 0.717) is 25.9 Å². The molecule has 8 heteroatoms. The average Bonchev–Trinajstić information content (AvgIpc) is 3.01. The maximum Gasteiger partial charge on any atom is 0.407 e. The Hall–Kier alpha value is -1.44. The normalized spacial score (nSPS) is 24.4. The second-order valence-electron chi connectivity index (χ2n) is 7.22. The lowest BCUT2D eigenvalue weighted by molar-refractivity contribution is -0.132. The first-order valence-electron chi connectivity index (χ1n) is 8.38. The van der Waals surface area contributed by atoms with Crippen molar-refractivity contribution in [2.75, 3.05) is 25.4 Å². The Morgan fingerprint density at radius 3 is 2.62 bits per heavy atom. The van der Waals surface area contributed by atoms with Gasteiger partial charge in [-0.1, -0.05) is 11.8 Å². The van der Waals surface area contributed by atoms with Crippen LogP contribution in [0, 0.1) is 0 Å². The zero-order valence-corrected chi connectivity index (χ0v) is 15.6. The van der Waals surface area contributed by atoms with Crippen molar-refractivity contribution in [2.24, 2.45) is 0 Å². The molecule has 3 amide bonds. The third kappa shape index (κ3) is 5.03. The number of nitrogens with one attached hydrogen (secondary N) is 1. The van der Waals surface area contributed by atoms with Crippen LogP contribution in [-0.4, -0.2) is 70.1 Å². The van der Waals surface area contributed by atoms with Crippen LogP contribution >= 0.6 is 11.8 Å². The third-order valence-electron chi connectivity index (χ3n) is 4.22. The summed E-state index contributed by atoms with van der Waals surface area (Å²) in [6.45, 7) is 9.19. The SMILES string of the molecule is C[C@H]1[C@@H](NC(=O)OC(C)(C)C)CCN1C(=O)CCN1CCSC1=O. The van der Waals surface area contributed by atoms with Crippen LogP contribution in [-0.2, 0) is 9.53 Å². The lowest BCUT2D eigenvalue weighted by atomic mass is 10.1. The minimum Gasteiger partial charge on any atom is -0.444 e. The molecule has 2 fully saturated rings. The van der Waals surface area contributed by atoms with Crippen molar-refractivity contribution in [1.29, 1.82) is 0 Å². The molecule has 0 aromatic heterocycles. The predicted molar refractivity (Wildman–Crippen MR) is 93.0 cm³/mol. The molecule has 0 spiro atoms. The fraction of sp³-hybridized carbons (Fsp3) is 0.812. The molecule has 24 heavy (non-hydrogen) atoms. The molecule has 0 aromatic rings. The summed E-state index contributed by atoms with van der Waals surface area (Å²) in [7, 11) is 0. The van der Waals surface area contributed by atoms with Gasteiger partial charge < -0.3 is 19.9 Å². The Labute approximate surface area is 147 Å². The first-order chi connectivity index (χ1) is 11.2. The second-order valence-corrected chi connectivity index (χ2v) is 8.27. The number of hydrogen-bond donors (Lipinski definition) is 1. The molecule has 7 nitrogen and oxygen atoms in total. The quantitative estimate of drug-likeness (QED) is 0.833. The Morgan fingerprint density at radius 1 is 1.33 bits per heavy atom. The van der Waals surface area contributed by atoms with Gasteiger partial charge in [0.05, 0.1) is 6.04 Å². The van der Waals surface area contributed by atoms with E-state index in [2.05, 4.69) is 5.32 Å². The molecule has 0 aromatic carbocycles. The maximum absolute atomic E-state index is 12.4. The highest BCUT2D eigenvalue weighted by atomic mass is 32.2. The van der Waals surface area contributed by atoms with Gasteiger partial charge in [0.25, 0.3) is 5.24 Å². The molecule has 1 N–H and O–H groups in total. The summed E-state index contributed by atoms with van der Waals surface area (Å²) >= 11 is 1.30. The van der Waals surface area contributed by atoms with Crippen molar-refractivity contribution >= 4 is 29.0 Å². The van der Waals surface area contributed by atoms with E-state index >= 15 is 0 Å². The molecule has 0 radical (unpaired) electrons. The number of rotatable bonds is 4. The highest BCUT2D eigenvalue weighted by Gasteiger charge is 2.35. The smallest absolute Gasteiger partial charge is 0.407 e. The number of hydrogen-bond acceptors (Lipinski definition) is 5. The Balaban J connectivity index is 1.79. The number of ether oxygens (including phenoxy) is 1. The average molecular weight is 357 g/mol. The fourth-order valence-electron chi connectivity index (χ4n) is 2.95. The molecular weight excluding hydrogens is 330 g/mol. The summed E-state index contributed by atoms with van der Waals surface area (Å²) in [5.74, 6) is 0.829. The topological polar surface area (TPSA) is 79.0 Å². The van der Waals surface area contributed by atoms with Gasteiger partial charge in [0, 0.05) is 37.8 Å². The van der Waals surface area contributed by atoms with Crippen LogP contribution in [0.1, 0.15) is 40.5 Å². The van der Waals surface area contributed by atoms with Crippen molar-refractivity contribution in [3.8, 4) is 0 Å². The van der Waals surface area contributed by atoms with Crippen LogP contribution in [0.25, 0.3) is 0 Å². The van der Waals surface area contributed by atoms with Gasteiger partial charge in [-0.2, -0.15) is 0 Å². The van der Waals surface area contributed by atoms with Gasteiger partial charge >= 0.3 is 6.09 Å². The van der Waals surface area contributed by atoms with Gasteiger partial charge in [-0.3, -0.25) is 9.59 Å². The molecule has 136 valence electrons. The number of nitrogens with zero attached hydrogens (tertiary/aromatic N) is 2. The summed E-state index contributed by atoms with van der Waals surface area (Å²) in [5.41, 5.74) is -0.540. The maximum atomic E-state index is 12.4. The van der Waals surface area contributed by atoms with Crippen molar-refractivity contribution in [3.05, 3.63) is 0 Å². The summed E-state index contributed by atoms with van der Waals surface area (Å²) in [5, 5.41) is 2.91. The second kappa shape index (κ2) is 7.63. The van der Waals surface area contributed by atoms with Crippen molar-refractivity contribution in [2.45, 2.75) is 58.2 Å². The minimum atomic E-state index is -0.540. The lowest BCUT2D eigenvalue weighted by Crippen LogP contribution is -2.46. The van der Waals surface area contributed by atoms with E-state index in [1.807, 2.05) is 27.7 Å². The molecule has 2 aliphatic heterocycles. The summed E-state index contributed by atoms with van der Waals surface area (Å²) in [4.78, 5) is 39.4. The number of likely N-dealkylation sites (tertiary alicyclic amines) is 1. The fourth-order valence-corrected chi connectivity index (χ4v) is 3.80. The highest BCUT2D eigenvalue weighted by molar-refractivity contribution is 8.13. The predicted octanol–water partition coefficient (Wildman–Crippen LogP) is 2.06. The molecule has 0 bridgehead atoms. The number of carbonyl (C=O) groups is 3. The van der Waals surface area contributed by atoms with Crippen LogP contribution in [0.15, 0.2) is 0 Å². The van der Waals surface area contributed by atoms with Gasteiger partial charge in [-0.05, 0) is 34.1 Å². The third-order valence-corrected chi connectivity index (χ3v) is 5.11. The Kier molecular flexibility index (Phi) is 6.01. The van der Waals surface area contributed by atoms with Crippen LogP contribution < -0.4 is 5.32 Å². The molecule has 2 saturated heterocycles. The standard InChI is InChI=1S/C16H27N3O4S/c1-11-12(17-14(21)23-16(2,3)4)5-8-19(11)13(20)6-7-18-9-10-24-15(18)22/h11-12H,5-10H2,1-4H3,(H,17,21)/t11-,12-/m0/s1. The van der Waals surface area contributed by atoms with Crippen LogP contribution in [0.3, 0.4) is 0 Å². The number of alkyl carbamates (subject to hydrolysis) is 1. The van der Waals surface area contributed by atoms with Crippen LogP contribution in [0.5, 0.6) is 0 Å². The van der Waals surface area contributed by atoms with E-state index in [-0.39, 0.29) is 23.2 Å². The first kappa shape index (κ1) is 18.9. The molecule has 0 saturated carbocycles. The molecule has 2 rings (SSSR count). The van der Waals surface area contributed by atoms with E-state index in [9.17, 15) is 14.4 Å². The number of amides is 3. The largest absolute Gasteiger partial charge is 0.444 e. The summed E-state index contributed by atoms with van der Waals surface area (Å²) < 4.78 is 5.27. The van der Waals surface area contributed by atoms with Gasteiger partial charge in [-0.25, -0.2) is 4.79 Å². The zero-order valence-electron chi connectivity index (χ0n) is 14.8. The monoisotopic (exact) mass is 357 g/mol. The molecule has 0 aliphatic carbocycles. The number of thioether (sulfide) groups is 1. The molecule has 2 aliphatic rings. The van der Waals surface area contributed by atoms with E-state index in [4.69, 9.17) is 4.74 Å². The van der Waals surface area contributed by atoms with E-state index < -0.39 is 11.7 Å². The molecule has 2 atom stereocenters. The van der Waals surface area contributed by atoms with Crippen LogP contribution in [0.2, 0.25) is 0 Å². The van der Waals surface area contributed by atoms with E-state index in [1.165, 1.54) is 11.8 Å². The summed E-state index contributed by atoms with van der Waals surface area (Å²) in [6, 6.07) is -0.179. The van der Waals surface area contributed by atoms with E-state index in [0.717, 1.165) is 12.3 Å². The first-order valence-corrected chi connectivity index (χ1v) is 9.36. The number of carbonyl (C=O) groups excluding carboxylic acids is 3. The molecule has 0 unspecified atom stereocenters. The zero-order chi connectivity index (χ0) is 17.9. The lowest BCUT2D eigenvalue weighted by Gasteiger charge is -2.27. The van der Waals surface area contributed by atoms with Gasteiger partial charge in [0.15, 0.2) is 0 Å². The molecular formula is C16H27N3O4S. The van der Waals surface area contributed by atoms with Crippen molar-refractivity contribution < 1.29 is 19.1 Å². The highest BCUT2D eigenvalue weighted by Crippen LogP contribution is 2.21. The van der Waals surface area contributed by atoms with Crippen molar-refractivity contribution in [1.82, 2.24) is 15.1 Å². The van der Waals surface area contributed by atoms with Crippen molar-refractivity contribution in [3.63, 3.8) is 0 Å². The Bertz CT molecular complexity index is 506. The minimum absolute atomic E-state index is 0.0284. The van der Waals surface area contributed by atoms with Crippen LogP contribution in [0.4, 0.5) is 9.59 Å².